The van der Waals surface area contributed by atoms with E-state index in [1.54, 1.807) is 0 Å². The van der Waals surface area contributed by atoms with Crippen molar-refractivity contribution in [3.8, 4) is 0 Å². The Balaban J connectivity index is 2.27. The molecule has 1 fully saturated rings. The van der Waals surface area contributed by atoms with Crippen LogP contribution in [-0.2, 0) is 4.79 Å². The molecule has 1 aliphatic rings. The van der Waals surface area contributed by atoms with Crippen molar-refractivity contribution in [2.75, 3.05) is 13.6 Å². The van der Waals surface area contributed by atoms with Gasteiger partial charge in [0.1, 0.15) is 0 Å². The van der Waals surface area contributed by atoms with E-state index < -0.39 is 0 Å². The maximum atomic E-state index is 11.6. The molecule has 0 saturated heterocycles. The third-order valence-electron chi connectivity index (χ3n) is 3.04. The van der Waals surface area contributed by atoms with Gasteiger partial charge in [0.25, 0.3) is 0 Å². The van der Waals surface area contributed by atoms with Crippen molar-refractivity contribution in [2.45, 2.75) is 58.0 Å². The quantitative estimate of drug-likeness (QED) is 0.770. The fraction of sp³-hybridized carbons (Fsp3) is 0.917. The van der Waals surface area contributed by atoms with Crippen molar-refractivity contribution in [1.29, 1.82) is 0 Å². The summed E-state index contributed by atoms with van der Waals surface area (Å²) < 4.78 is 0. The average Bonchev–Trinajstić information content (AvgIpc) is 2.17. The van der Waals surface area contributed by atoms with Crippen molar-refractivity contribution in [3.05, 3.63) is 0 Å². The van der Waals surface area contributed by atoms with Crippen LogP contribution in [0.2, 0.25) is 0 Å². The number of amides is 1. The Labute approximate surface area is 93.2 Å². The van der Waals surface area contributed by atoms with Gasteiger partial charge in [-0.1, -0.05) is 19.3 Å². The fourth-order valence-corrected chi connectivity index (χ4v) is 2.25. The zero-order valence-electron chi connectivity index (χ0n) is 10.3. The normalized spacial score (nSPS) is 18.5. The molecule has 0 radical (unpaired) electrons. The zero-order chi connectivity index (χ0) is 11.3. The zero-order valence-corrected chi connectivity index (χ0v) is 10.3. The number of carbonyl (C=O) groups is 1. The number of nitrogens with one attached hydrogen (secondary N) is 1. The Hall–Kier alpha value is -0.570. The first kappa shape index (κ1) is 12.5. The highest BCUT2D eigenvalue weighted by Crippen LogP contribution is 2.21. The smallest absolute Gasteiger partial charge is 0.234 e. The summed E-state index contributed by atoms with van der Waals surface area (Å²) in [7, 11) is 2.07. The van der Waals surface area contributed by atoms with Gasteiger partial charge in [-0.3, -0.25) is 9.69 Å². The highest BCUT2D eigenvalue weighted by molar-refractivity contribution is 5.78. The number of hydrogen-bond donors (Lipinski definition) is 1. The summed E-state index contributed by atoms with van der Waals surface area (Å²) in [6.07, 6.45) is 6.51. The lowest BCUT2D eigenvalue weighted by Gasteiger charge is -2.30. The molecule has 1 N–H and O–H groups in total. The molecule has 0 aromatic carbocycles. The fourth-order valence-electron chi connectivity index (χ4n) is 2.25. The molecule has 0 atom stereocenters. The molecule has 15 heavy (non-hydrogen) atoms. The lowest BCUT2D eigenvalue weighted by atomic mass is 9.94. The first-order valence-electron chi connectivity index (χ1n) is 6.09. The van der Waals surface area contributed by atoms with Crippen LogP contribution in [-0.4, -0.2) is 36.5 Å². The van der Waals surface area contributed by atoms with Crippen LogP contribution < -0.4 is 5.32 Å². The number of carbonyl (C=O) groups excluding carboxylic acids is 1. The Morgan fingerprint density at radius 2 is 1.93 bits per heavy atom. The molecule has 0 aromatic rings. The Morgan fingerprint density at radius 3 is 2.47 bits per heavy atom. The van der Waals surface area contributed by atoms with E-state index in [1.165, 1.54) is 32.1 Å². The van der Waals surface area contributed by atoms with Crippen LogP contribution in [0.25, 0.3) is 0 Å². The summed E-state index contributed by atoms with van der Waals surface area (Å²) in [6, 6.07) is 0.869. The van der Waals surface area contributed by atoms with Gasteiger partial charge in [0, 0.05) is 12.1 Å². The van der Waals surface area contributed by atoms with Crippen molar-refractivity contribution in [1.82, 2.24) is 10.2 Å². The minimum Gasteiger partial charge on any atom is -0.353 e. The van der Waals surface area contributed by atoms with Crippen molar-refractivity contribution in [3.63, 3.8) is 0 Å². The number of nitrogens with zero attached hydrogens (tertiary/aromatic N) is 1. The van der Waals surface area contributed by atoms with E-state index in [-0.39, 0.29) is 11.9 Å². The summed E-state index contributed by atoms with van der Waals surface area (Å²) in [5.74, 6) is 0.151. The largest absolute Gasteiger partial charge is 0.353 e. The molecule has 0 bridgehead atoms. The minimum absolute atomic E-state index is 0.151. The molecule has 1 aliphatic carbocycles. The molecule has 1 amide bonds. The van der Waals surface area contributed by atoms with E-state index in [9.17, 15) is 4.79 Å². The van der Waals surface area contributed by atoms with Crippen molar-refractivity contribution >= 4 is 5.91 Å². The summed E-state index contributed by atoms with van der Waals surface area (Å²) in [5, 5.41) is 2.93. The van der Waals surface area contributed by atoms with Gasteiger partial charge < -0.3 is 5.32 Å². The third kappa shape index (κ3) is 4.65. The average molecular weight is 212 g/mol. The number of likely N-dealkylation sites (N-methyl/N-ethyl adjacent to an activating group) is 1. The highest BCUT2D eigenvalue weighted by Gasteiger charge is 2.19. The maximum Gasteiger partial charge on any atom is 0.234 e. The predicted molar refractivity (Wildman–Crippen MR) is 62.8 cm³/mol. The van der Waals surface area contributed by atoms with Crippen LogP contribution in [0, 0.1) is 0 Å². The van der Waals surface area contributed by atoms with Gasteiger partial charge in [-0.15, -0.1) is 0 Å². The van der Waals surface area contributed by atoms with Gasteiger partial charge in [-0.25, -0.2) is 0 Å². The van der Waals surface area contributed by atoms with E-state index in [2.05, 4.69) is 17.3 Å². The molecule has 1 rings (SSSR count). The first-order chi connectivity index (χ1) is 7.09. The molecule has 0 spiro atoms. The van der Waals surface area contributed by atoms with Crippen LogP contribution in [0.1, 0.15) is 46.0 Å². The second-order valence-corrected chi connectivity index (χ2v) is 4.93. The highest BCUT2D eigenvalue weighted by atomic mass is 16.2. The van der Waals surface area contributed by atoms with Crippen LogP contribution in [0.4, 0.5) is 0 Å². The predicted octanol–water partition coefficient (Wildman–Crippen LogP) is 1.78. The number of hydrogen-bond acceptors (Lipinski definition) is 2. The lowest BCUT2D eigenvalue weighted by molar-refractivity contribution is -0.123. The minimum atomic E-state index is 0.151. The van der Waals surface area contributed by atoms with Gasteiger partial charge in [0.2, 0.25) is 5.91 Å². The van der Waals surface area contributed by atoms with Crippen LogP contribution in [0.15, 0.2) is 0 Å². The number of rotatable bonds is 4. The lowest BCUT2D eigenvalue weighted by Crippen LogP contribution is -2.43. The van der Waals surface area contributed by atoms with E-state index in [0.29, 0.717) is 12.6 Å². The monoisotopic (exact) mass is 212 g/mol. The van der Waals surface area contributed by atoms with E-state index in [4.69, 9.17) is 0 Å². The third-order valence-corrected chi connectivity index (χ3v) is 3.04. The second kappa shape index (κ2) is 6.11. The van der Waals surface area contributed by atoms with Gasteiger partial charge in [-0.05, 0) is 33.7 Å². The van der Waals surface area contributed by atoms with Crippen LogP contribution in [0.5, 0.6) is 0 Å². The van der Waals surface area contributed by atoms with Gasteiger partial charge in [0.05, 0.1) is 6.54 Å². The Bertz CT molecular complexity index is 198. The SMILES string of the molecule is CC(C)NC(=O)CN(C)C1CCCCC1. The summed E-state index contributed by atoms with van der Waals surface area (Å²) in [6.45, 7) is 4.54. The molecule has 0 aromatic heterocycles. The van der Waals surface area contributed by atoms with Gasteiger partial charge in [-0.2, -0.15) is 0 Å². The Kier molecular flexibility index (Phi) is 5.09. The van der Waals surface area contributed by atoms with Gasteiger partial charge >= 0.3 is 0 Å². The first-order valence-corrected chi connectivity index (χ1v) is 6.09. The van der Waals surface area contributed by atoms with E-state index in [1.807, 2.05) is 13.8 Å². The van der Waals surface area contributed by atoms with E-state index in [0.717, 1.165) is 0 Å². The molecule has 0 aliphatic heterocycles. The molecule has 0 heterocycles. The summed E-state index contributed by atoms with van der Waals surface area (Å²) in [5.41, 5.74) is 0. The van der Waals surface area contributed by atoms with Crippen LogP contribution in [0.3, 0.4) is 0 Å². The molecule has 88 valence electrons. The van der Waals surface area contributed by atoms with E-state index >= 15 is 0 Å². The second-order valence-electron chi connectivity index (χ2n) is 4.93. The molecule has 3 heteroatoms. The molecular weight excluding hydrogens is 188 g/mol. The molecule has 1 saturated carbocycles. The van der Waals surface area contributed by atoms with Crippen molar-refractivity contribution < 1.29 is 4.79 Å². The Morgan fingerprint density at radius 1 is 1.33 bits per heavy atom. The summed E-state index contributed by atoms with van der Waals surface area (Å²) >= 11 is 0. The standard InChI is InChI=1S/C12H24N2O/c1-10(2)13-12(15)9-14(3)11-7-5-4-6-8-11/h10-11H,4-9H2,1-3H3,(H,13,15). The summed E-state index contributed by atoms with van der Waals surface area (Å²) in [4.78, 5) is 13.8. The molecule has 0 unspecified atom stereocenters. The topological polar surface area (TPSA) is 32.3 Å². The molecular formula is C12H24N2O. The van der Waals surface area contributed by atoms with Crippen molar-refractivity contribution in [2.24, 2.45) is 0 Å². The van der Waals surface area contributed by atoms with Gasteiger partial charge in [0.15, 0.2) is 0 Å². The maximum absolute atomic E-state index is 11.6. The van der Waals surface area contributed by atoms with Crippen LogP contribution >= 0.6 is 0 Å². The molecule has 3 nitrogen and oxygen atoms in total.